The van der Waals surface area contributed by atoms with Gasteiger partial charge in [-0.3, -0.25) is 0 Å². The van der Waals surface area contributed by atoms with Gasteiger partial charge < -0.3 is 20.8 Å². The van der Waals surface area contributed by atoms with Crippen molar-refractivity contribution in [3.63, 3.8) is 0 Å². The third-order valence-corrected chi connectivity index (χ3v) is 0. The maximum atomic E-state index is 8.25. The first-order chi connectivity index (χ1) is 1.73. The summed E-state index contributed by atoms with van der Waals surface area (Å²) in [5.74, 6) is 0. The standard InChI is InChI=1S/Eu.NO3.H2O/c;2-1(3)4;/h;;1H2/q;-1;. The van der Waals surface area contributed by atoms with Gasteiger partial charge in [0.05, 0.1) is 5.09 Å². The topological polar surface area (TPSA) is 97.7 Å². The Labute approximate surface area is 74.3 Å². The van der Waals surface area contributed by atoms with Crippen LogP contribution < -0.4 is 0 Å². The van der Waals surface area contributed by atoms with Gasteiger partial charge in [-0.05, 0) is 0 Å². The first kappa shape index (κ1) is 15.9. The molecule has 0 amide bonds. The molecule has 0 aliphatic heterocycles. The van der Waals surface area contributed by atoms with Crippen LogP contribution in [-0.2, 0) is 0 Å². The minimum Gasteiger partial charge on any atom is -0.412 e. The quantitative estimate of drug-likeness (QED) is 0.393. The fraction of sp³-hybridized carbons (Fsp3) is 0. The van der Waals surface area contributed by atoms with Crippen LogP contribution in [-0.4, -0.2) is 10.6 Å². The van der Waals surface area contributed by atoms with Crippen LogP contribution in [0.1, 0.15) is 0 Å². The fourth-order valence-electron chi connectivity index (χ4n) is 0. The molecule has 0 rings (SSSR count). The van der Waals surface area contributed by atoms with E-state index in [4.69, 9.17) is 15.3 Å². The molecule has 0 unspecified atom stereocenters. The van der Waals surface area contributed by atoms with E-state index in [0.717, 1.165) is 0 Å². The van der Waals surface area contributed by atoms with Crippen molar-refractivity contribution in [1.29, 1.82) is 0 Å². The van der Waals surface area contributed by atoms with Gasteiger partial charge in [0, 0.05) is 49.4 Å². The van der Waals surface area contributed by atoms with Crippen molar-refractivity contribution in [3.05, 3.63) is 15.3 Å². The average Bonchev–Trinajstić information content (AvgIpc) is 0.811. The van der Waals surface area contributed by atoms with Crippen LogP contribution in [0.3, 0.4) is 0 Å². The molecule has 39 valence electrons. The van der Waals surface area contributed by atoms with E-state index in [2.05, 4.69) is 0 Å². The Hall–Kier alpha value is 0.744. The molecule has 6 heavy (non-hydrogen) atoms. The summed E-state index contributed by atoms with van der Waals surface area (Å²) in [7, 11) is 0. The Bertz CT molecular complexity index is 30.5. The summed E-state index contributed by atoms with van der Waals surface area (Å²) < 4.78 is 0. The van der Waals surface area contributed by atoms with Crippen LogP contribution in [0.5, 0.6) is 0 Å². The summed E-state index contributed by atoms with van der Waals surface area (Å²) >= 11 is 0. The van der Waals surface area contributed by atoms with Crippen molar-refractivity contribution < 1.29 is 59.9 Å². The SMILES string of the molecule is O.O=[N+]([O-])[O-].[Eu]. The molecule has 0 saturated carbocycles. The minimum atomic E-state index is -1.75. The largest absolute Gasteiger partial charge is 0.412 e. The molecule has 0 aromatic rings. The second kappa shape index (κ2) is 9.22. The van der Waals surface area contributed by atoms with Gasteiger partial charge in [0.1, 0.15) is 0 Å². The first-order valence-electron chi connectivity index (χ1n) is 0.548. The predicted molar refractivity (Wildman–Crippen MR) is 14.0 cm³/mol. The zero-order valence-electron chi connectivity index (χ0n) is 2.55. The molecule has 6 heteroatoms. The van der Waals surface area contributed by atoms with Crippen LogP contribution >= 0.6 is 0 Å². The summed E-state index contributed by atoms with van der Waals surface area (Å²) in [5, 5.41) is 14.8. The smallest absolute Gasteiger partial charge is 0.0689 e. The summed E-state index contributed by atoms with van der Waals surface area (Å²) in [6, 6.07) is 0. The predicted octanol–water partition coefficient (Wildman–Crippen LogP) is -1.06. The van der Waals surface area contributed by atoms with E-state index in [1.807, 2.05) is 0 Å². The minimum absolute atomic E-state index is 0. The molecule has 1 radical (unpaired) electrons. The van der Waals surface area contributed by atoms with E-state index in [0.29, 0.717) is 0 Å². The van der Waals surface area contributed by atoms with E-state index in [-0.39, 0.29) is 54.9 Å². The summed E-state index contributed by atoms with van der Waals surface area (Å²) in [5.41, 5.74) is 0. The van der Waals surface area contributed by atoms with Crippen LogP contribution in [0, 0.1) is 64.7 Å². The fourth-order valence-corrected chi connectivity index (χ4v) is 0. The van der Waals surface area contributed by atoms with E-state index < -0.39 is 5.09 Å². The van der Waals surface area contributed by atoms with Crippen molar-refractivity contribution in [1.82, 2.24) is 0 Å². The molecule has 2 N–H and O–H groups in total. The molecule has 0 aromatic heterocycles. The molecule has 0 aromatic carbocycles. The third kappa shape index (κ3) is 120. The third-order valence-electron chi connectivity index (χ3n) is 0. The molecule has 0 bridgehead atoms. The molecule has 0 heterocycles. The van der Waals surface area contributed by atoms with Gasteiger partial charge in [0.2, 0.25) is 0 Å². The number of rotatable bonds is 0. The van der Waals surface area contributed by atoms with Gasteiger partial charge in [-0.2, -0.15) is 0 Å². The maximum Gasteiger partial charge on any atom is 0.0689 e. The molecule has 0 aliphatic rings. The van der Waals surface area contributed by atoms with Crippen LogP contribution in [0.25, 0.3) is 0 Å². The van der Waals surface area contributed by atoms with Gasteiger partial charge in [-0.15, -0.1) is 0 Å². The van der Waals surface area contributed by atoms with Gasteiger partial charge in [0.15, 0.2) is 0 Å². The second-order valence-electron chi connectivity index (χ2n) is 0.224. The Morgan fingerprint density at radius 2 is 1.33 bits per heavy atom. The number of hydrogen-bond donors (Lipinski definition) is 0. The van der Waals surface area contributed by atoms with E-state index in [9.17, 15) is 0 Å². The van der Waals surface area contributed by atoms with E-state index in [1.165, 1.54) is 0 Å². The molecule has 0 spiro atoms. The van der Waals surface area contributed by atoms with Crippen molar-refractivity contribution in [2.75, 3.05) is 0 Å². The summed E-state index contributed by atoms with van der Waals surface area (Å²) in [6.45, 7) is 0. The molecule has 0 saturated heterocycles. The van der Waals surface area contributed by atoms with Crippen molar-refractivity contribution >= 4 is 0 Å². The number of hydrogen-bond acceptors (Lipinski definition) is 3. The zero-order chi connectivity index (χ0) is 3.58. The normalized spacial score (nSPS) is 4.00. The van der Waals surface area contributed by atoms with Crippen LogP contribution in [0.15, 0.2) is 0 Å². The van der Waals surface area contributed by atoms with Crippen molar-refractivity contribution in [2.24, 2.45) is 0 Å². The molecule has 5 nitrogen and oxygen atoms in total. The average molecular weight is 232 g/mol. The molecule has 0 fully saturated rings. The second-order valence-corrected chi connectivity index (χ2v) is 0.224. The van der Waals surface area contributed by atoms with Gasteiger partial charge in [0.25, 0.3) is 0 Å². The maximum absolute atomic E-state index is 8.25. The monoisotopic (exact) mass is 233 g/mol. The Kier molecular flexibility index (Phi) is 24.4. The van der Waals surface area contributed by atoms with E-state index >= 15 is 0 Å². The van der Waals surface area contributed by atoms with Gasteiger partial charge >= 0.3 is 0 Å². The van der Waals surface area contributed by atoms with Gasteiger partial charge in [-0.25, -0.2) is 0 Å². The van der Waals surface area contributed by atoms with Crippen LogP contribution in [0.2, 0.25) is 0 Å². The molecular formula is H2EuNO4-. The van der Waals surface area contributed by atoms with Crippen LogP contribution in [0.4, 0.5) is 0 Å². The van der Waals surface area contributed by atoms with Crippen molar-refractivity contribution in [2.45, 2.75) is 0 Å². The Morgan fingerprint density at radius 1 is 1.33 bits per heavy atom. The summed E-state index contributed by atoms with van der Waals surface area (Å²) in [4.78, 5) is 8.25. The Balaban J connectivity index is -0.0000000450. The summed E-state index contributed by atoms with van der Waals surface area (Å²) in [6.07, 6.45) is 0. The van der Waals surface area contributed by atoms with Crippen molar-refractivity contribution in [3.8, 4) is 0 Å². The van der Waals surface area contributed by atoms with E-state index in [1.54, 1.807) is 0 Å². The molecular weight excluding hydrogens is 230 g/mol. The zero-order valence-corrected chi connectivity index (χ0v) is 4.98. The first-order valence-corrected chi connectivity index (χ1v) is 0.548. The molecule has 0 atom stereocenters. The number of nitrogens with zero attached hydrogens (tertiary/aromatic N) is 1. The van der Waals surface area contributed by atoms with Gasteiger partial charge in [-0.1, -0.05) is 0 Å². The molecule has 0 aliphatic carbocycles. The Morgan fingerprint density at radius 3 is 1.33 bits per heavy atom.